The Labute approximate surface area is 176 Å². The van der Waals surface area contributed by atoms with Gasteiger partial charge in [-0.05, 0) is 78.3 Å². The van der Waals surface area contributed by atoms with E-state index in [1.807, 2.05) is 0 Å². The standard InChI is InChI=1S/C26H38O3/c1-7-24(6)11-9-12-25(8-2)21-14-19-10-13-26(21,17(4)16(19)3)23(28)20(22(24)25)15-29-18(5)27/h19-22H,3-4,7-15H2,1-2,5-6H3/t19-,20?,21?,22?,24+,25-,26+/m0/s1. The van der Waals surface area contributed by atoms with Crippen molar-refractivity contribution in [1.29, 1.82) is 0 Å². The van der Waals surface area contributed by atoms with Crippen molar-refractivity contribution in [3.05, 3.63) is 24.3 Å². The third kappa shape index (κ3) is 2.55. The van der Waals surface area contributed by atoms with Crippen LogP contribution in [-0.4, -0.2) is 18.4 Å². The number of ether oxygens (including phenoxy) is 1. The van der Waals surface area contributed by atoms with E-state index in [2.05, 4.69) is 33.9 Å². The van der Waals surface area contributed by atoms with Gasteiger partial charge in [-0.1, -0.05) is 46.8 Å². The Morgan fingerprint density at radius 1 is 1.17 bits per heavy atom. The topological polar surface area (TPSA) is 43.4 Å². The van der Waals surface area contributed by atoms with Crippen LogP contribution < -0.4 is 0 Å². The fourth-order valence-corrected chi connectivity index (χ4v) is 8.56. The van der Waals surface area contributed by atoms with E-state index in [1.54, 1.807) is 0 Å². The van der Waals surface area contributed by atoms with Crippen molar-refractivity contribution >= 4 is 11.8 Å². The molecular formula is C26H38O3. The van der Waals surface area contributed by atoms with Crippen molar-refractivity contribution < 1.29 is 14.3 Å². The molecule has 1 spiro atoms. The largest absolute Gasteiger partial charge is 0.465 e. The van der Waals surface area contributed by atoms with Crippen LogP contribution in [0.4, 0.5) is 0 Å². The maximum atomic E-state index is 14.3. The monoisotopic (exact) mass is 398 g/mol. The number of fused-ring (bicyclic) bond motifs is 3. The molecule has 0 radical (unpaired) electrons. The molecular weight excluding hydrogens is 360 g/mol. The molecule has 5 saturated carbocycles. The zero-order chi connectivity index (χ0) is 21.2. The van der Waals surface area contributed by atoms with Gasteiger partial charge >= 0.3 is 5.97 Å². The first-order chi connectivity index (χ1) is 13.7. The van der Waals surface area contributed by atoms with E-state index in [-0.39, 0.29) is 35.2 Å². The summed E-state index contributed by atoms with van der Waals surface area (Å²) < 4.78 is 5.56. The van der Waals surface area contributed by atoms with Crippen molar-refractivity contribution in [3.63, 3.8) is 0 Å². The SMILES string of the molecule is C=C1C(=C)[C@]23CC[C@H]1CC2[C@]1(CC)CCC[C@@](C)(CC)C1C(COC(C)=O)C3=O. The molecule has 160 valence electrons. The number of Topliss-reactive ketones (excluding diaryl/α,β-unsaturated/α-hetero) is 1. The first kappa shape index (κ1) is 20.9. The molecule has 2 bridgehead atoms. The number of carbonyl (C=O) groups is 2. The highest BCUT2D eigenvalue weighted by Gasteiger charge is 2.71. The van der Waals surface area contributed by atoms with E-state index in [1.165, 1.54) is 19.8 Å². The number of esters is 1. The molecule has 0 aromatic carbocycles. The molecule has 0 aliphatic heterocycles. The molecule has 5 fully saturated rings. The summed E-state index contributed by atoms with van der Waals surface area (Å²) in [6, 6.07) is 0. The van der Waals surface area contributed by atoms with Crippen molar-refractivity contribution in [2.45, 2.75) is 79.1 Å². The van der Waals surface area contributed by atoms with Crippen molar-refractivity contribution in [2.24, 2.45) is 39.9 Å². The van der Waals surface area contributed by atoms with Crippen LogP contribution in [0.5, 0.6) is 0 Å². The zero-order valence-corrected chi connectivity index (χ0v) is 18.8. The van der Waals surface area contributed by atoms with E-state index >= 15 is 0 Å². The molecule has 5 rings (SSSR count). The second kappa shape index (κ2) is 6.82. The Morgan fingerprint density at radius 2 is 1.90 bits per heavy atom. The predicted molar refractivity (Wildman–Crippen MR) is 115 cm³/mol. The van der Waals surface area contributed by atoms with Gasteiger partial charge in [0.05, 0.1) is 11.3 Å². The van der Waals surface area contributed by atoms with Gasteiger partial charge in [0.2, 0.25) is 0 Å². The van der Waals surface area contributed by atoms with Crippen molar-refractivity contribution in [3.8, 4) is 0 Å². The van der Waals surface area contributed by atoms with Gasteiger partial charge in [-0.2, -0.15) is 0 Å². The summed E-state index contributed by atoms with van der Waals surface area (Å²) in [7, 11) is 0. The number of hydrogen-bond acceptors (Lipinski definition) is 3. The summed E-state index contributed by atoms with van der Waals surface area (Å²) in [5.41, 5.74) is 1.90. The molecule has 3 nitrogen and oxygen atoms in total. The minimum absolute atomic E-state index is 0.116. The van der Waals surface area contributed by atoms with Crippen LogP contribution in [0.3, 0.4) is 0 Å². The van der Waals surface area contributed by atoms with E-state index in [4.69, 9.17) is 4.74 Å². The summed E-state index contributed by atoms with van der Waals surface area (Å²) in [6.07, 6.45) is 8.80. The lowest BCUT2D eigenvalue weighted by molar-refractivity contribution is -0.202. The van der Waals surface area contributed by atoms with E-state index in [0.29, 0.717) is 17.6 Å². The Hall–Kier alpha value is -1.38. The highest BCUT2D eigenvalue weighted by atomic mass is 16.5. The lowest BCUT2D eigenvalue weighted by Crippen LogP contribution is -2.68. The molecule has 0 heterocycles. The molecule has 0 saturated heterocycles. The van der Waals surface area contributed by atoms with Gasteiger partial charge in [-0.25, -0.2) is 0 Å². The number of carbonyl (C=O) groups excluding carboxylic acids is 2. The van der Waals surface area contributed by atoms with E-state index in [0.717, 1.165) is 49.7 Å². The lowest BCUT2D eigenvalue weighted by Gasteiger charge is -2.70. The molecule has 0 amide bonds. The predicted octanol–water partition coefficient (Wildman–Crippen LogP) is 5.89. The fourth-order valence-electron chi connectivity index (χ4n) is 8.56. The van der Waals surface area contributed by atoms with Crippen LogP contribution in [0, 0.1) is 39.9 Å². The van der Waals surface area contributed by atoms with Crippen LogP contribution >= 0.6 is 0 Å². The molecule has 29 heavy (non-hydrogen) atoms. The van der Waals surface area contributed by atoms with Gasteiger partial charge in [0, 0.05) is 6.92 Å². The van der Waals surface area contributed by atoms with Crippen molar-refractivity contribution in [1.82, 2.24) is 0 Å². The van der Waals surface area contributed by atoms with Crippen LogP contribution in [-0.2, 0) is 14.3 Å². The quantitative estimate of drug-likeness (QED) is 0.555. The van der Waals surface area contributed by atoms with Crippen molar-refractivity contribution in [2.75, 3.05) is 6.61 Å². The maximum Gasteiger partial charge on any atom is 0.302 e. The van der Waals surface area contributed by atoms with Gasteiger partial charge in [-0.15, -0.1) is 0 Å². The molecule has 7 atom stereocenters. The molecule has 0 N–H and O–H groups in total. The Morgan fingerprint density at radius 3 is 2.52 bits per heavy atom. The molecule has 5 aliphatic rings. The number of hydrogen-bond donors (Lipinski definition) is 0. The lowest BCUT2D eigenvalue weighted by atomic mass is 9.33. The molecule has 5 aliphatic carbocycles. The Kier molecular flexibility index (Phi) is 4.91. The molecule has 0 aromatic heterocycles. The summed E-state index contributed by atoms with van der Waals surface area (Å²) in [6.45, 7) is 17.5. The molecule has 0 aromatic rings. The second-order valence-electron chi connectivity index (χ2n) is 10.7. The Bertz CT molecular complexity index is 766. The van der Waals surface area contributed by atoms with Gasteiger partial charge < -0.3 is 4.74 Å². The molecule has 3 unspecified atom stereocenters. The first-order valence-corrected chi connectivity index (χ1v) is 11.7. The van der Waals surface area contributed by atoms with Gasteiger partial charge in [0.1, 0.15) is 12.4 Å². The average molecular weight is 399 g/mol. The average Bonchev–Trinajstić information content (AvgIpc) is 2.71. The smallest absolute Gasteiger partial charge is 0.302 e. The van der Waals surface area contributed by atoms with E-state index < -0.39 is 5.41 Å². The normalized spacial score (nSPS) is 46.3. The van der Waals surface area contributed by atoms with Crippen LogP contribution in [0.25, 0.3) is 0 Å². The van der Waals surface area contributed by atoms with Crippen LogP contribution in [0.1, 0.15) is 79.1 Å². The van der Waals surface area contributed by atoms with Crippen LogP contribution in [0.2, 0.25) is 0 Å². The number of rotatable bonds is 4. The number of allylic oxidation sites excluding steroid dienone is 2. The van der Waals surface area contributed by atoms with Gasteiger partial charge in [0.25, 0.3) is 0 Å². The zero-order valence-electron chi connectivity index (χ0n) is 18.8. The summed E-state index contributed by atoms with van der Waals surface area (Å²) >= 11 is 0. The summed E-state index contributed by atoms with van der Waals surface area (Å²) in [4.78, 5) is 26.1. The number of ketones is 1. The fraction of sp³-hybridized carbons (Fsp3) is 0.769. The highest BCUT2D eigenvalue weighted by Crippen LogP contribution is 2.74. The Balaban J connectivity index is 1.91. The van der Waals surface area contributed by atoms with Gasteiger partial charge in [-0.3, -0.25) is 9.59 Å². The second-order valence-corrected chi connectivity index (χ2v) is 10.7. The van der Waals surface area contributed by atoms with E-state index in [9.17, 15) is 9.59 Å². The summed E-state index contributed by atoms with van der Waals surface area (Å²) in [5.74, 6) is 0.939. The third-order valence-corrected chi connectivity index (χ3v) is 9.99. The maximum absolute atomic E-state index is 14.3. The minimum Gasteiger partial charge on any atom is -0.465 e. The minimum atomic E-state index is -0.477. The van der Waals surface area contributed by atoms with Crippen LogP contribution in [0.15, 0.2) is 24.3 Å². The van der Waals surface area contributed by atoms with Gasteiger partial charge in [0.15, 0.2) is 0 Å². The first-order valence-electron chi connectivity index (χ1n) is 11.7. The molecule has 3 heteroatoms. The summed E-state index contributed by atoms with van der Waals surface area (Å²) in [5, 5.41) is 0. The highest BCUT2D eigenvalue weighted by molar-refractivity contribution is 5.94. The third-order valence-electron chi connectivity index (χ3n) is 9.99.